The maximum absolute atomic E-state index is 13.0. The van der Waals surface area contributed by atoms with E-state index in [2.05, 4.69) is 27.6 Å². The Morgan fingerprint density at radius 2 is 2.09 bits per heavy atom. The zero-order chi connectivity index (χ0) is 7.84. The summed E-state index contributed by atoms with van der Waals surface area (Å²) >= 11 is 2.18. The monoisotopic (exact) mass is 261 g/mol. The first-order valence-electron chi connectivity index (χ1n) is 3.20. The van der Waals surface area contributed by atoms with Gasteiger partial charge in [-0.25, -0.2) is 4.39 Å². The highest BCUT2D eigenvalue weighted by molar-refractivity contribution is 14.1. The summed E-state index contributed by atoms with van der Waals surface area (Å²) in [4.78, 5) is 2.85. The summed E-state index contributed by atoms with van der Waals surface area (Å²) in [5, 5.41) is 0.950. The molecule has 0 unspecified atom stereocenters. The Hall–Kier alpha value is -0.580. The van der Waals surface area contributed by atoms with Crippen LogP contribution in [0.25, 0.3) is 10.9 Å². The van der Waals surface area contributed by atoms with Gasteiger partial charge in [0.1, 0.15) is 5.82 Å². The average Bonchev–Trinajstić information content (AvgIpc) is 2.45. The molecule has 0 saturated carbocycles. The van der Waals surface area contributed by atoms with Crippen LogP contribution in [0.4, 0.5) is 4.39 Å². The van der Waals surface area contributed by atoms with Crippen LogP contribution in [0.2, 0.25) is 0 Å². The van der Waals surface area contributed by atoms with Crippen molar-refractivity contribution in [1.82, 2.24) is 4.98 Å². The summed E-state index contributed by atoms with van der Waals surface area (Å²) in [6, 6.07) is 5.12. The minimum absolute atomic E-state index is 0.189. The topological polar surface area (TPSA) is 15.8 Å². The van der Waals surface area contributed by atoms with E-state index in [0.29, 0.717) is 5.52 Å². The lowest BCUT2D eigenvalue weighted by atomic mass is 10.2. The number of benzene rings is 1. The van der Waals surface area contributed by atoms with Gasteiger partial charge in [0.15, 0.2) is 0 Å². The van der Waals surface area contributed by atoms with Crippen LogP contribution in [0.1, 0.15) is 0 Å². The average molecular weight is 261 g/mol. The minimum atomic E-state index is -0.189. The number of nitrogens with one attached hydrogen (secondary N) is 1. The summed E-state index contributed by atoms with van der Waals surface area (Å²) in [6.45, 7) is 0. The second kappa shape index (κ2) is 2.48. The first kappa shape index (κ1) is 7.09. The van der Waals surface area contributed by atoms with Crippen molar-refractivity contribution in [3.05, 3.63) is 33.8 Å². The number of rotatable bonds is 0. The van der Waals surface area contributed by atoms with Gasteiger partial charge in [-0.15, -0.1) is 0 Å². The summed E-state index contributed by atoms with van der Waals surface area (Å²) in [7, 11) is 0. The van der Waals surface area contributed by atoms with E-state index in [4.69, 9.17) is 0 Å². The summed E-state index contributed by atoms with van der Waals surface area (Å²) < 4.78 is 14.0. The Bertz CT molecular complexity index is 358. The molecule has 1 aromatic carbocycles. The SMILES string of the molecule is Fc1ccc(I)c2cc[nH]c12. The molecule has 3 heteroatoms. The lowest BCUT2D eigenvalue weighted by Gasteiger charge is -1.94. The number of aromatic amines is 1. The Morgan fingerprint density at radius 1 is 1.27 bits per heavy atom. The molecule has 2 rings (SSSR count). The molecule has 0 fully saturated rings. The standard InChI is InChI=1S/C8H5FIN/c9-6-1-2-7(10)5-3-4-11-8(5)6/h1-4,11H. The van der Waals surface area contributed by atoms with E-state index < -0.39 is 0 Å². The van der Waals surface area contributed by atoms with E-state index in [1.54, 1.807) is 12.3 Å². The first-order chi connectivity index (χ1) is 5.29. The predicted octanol–water partition coefficient (Wildman–Crippen LogP) is 2.91. The summed E-state index contributed by atoms with van der Waals surface area (Å²) in [5.74, 6) is -0.189. The molecule has 0 atom stereocenters. The number of H-pyrrole nitrogens is 1. The number of aromatic nitrogens is 1. The summed E-state index contributed by atoms with van der Waals surface area (Å²) in [6.07, 6.45) is 1.75. The molecule has 1 aromatic heterocycles. The van der Waals surface area contributed by atoms with E-state index in [-0.39, 0.29) is 5.82 Å². The number of hydrogen-bond acceptors (Lipinski definition) is 0. The molecule has 0 amide bonds. The van der Waals surface area contributed by atoms with Crippen molar-refractivity contribution in [3.63, 3.8) is 0 Å². The van der Waals surface area contributed by atoms with Gasteiger partial charge in [0.25, 0.3) is 0 Å². The van der Waals surface area contributed by atoms with E-state index in [1.165, 1.54) is 6.07 Å². The van der Waals surface area contributed by atoms with Crippen LogP contribution in [-0.2, 0) is 0 Å². The van der Waals surface area contributed by atoms with Crippen molar-refractivity contribution in [2.24, 2.45) is 0 Å². The third-order valence-corrected chi connectivity index (χ3v) is 2.56. The van der Waals surface area contributed by atoms with Crippen molar-refractivity contribution < 1.29 is 4.39 Å². The Balaban J connectivity index is 2.96. The predicted molar refractivity (Wildman–Crippen MR) is 51.0 cm³/mol. The molecule has 0 aliphatic rings. The van der Waals surface area contributed by atoms with E-state index in [9.17, 15) is 4.39 Å². The van der Waals surface area contributed by atoms with Gasteiger partial charge in [0.2, 0.25) is 0 Å². The van der Waals surface area contributed by atoms with Crippen LogP contribution >= 0.6 is 22.6 Å². The number of fused-ring (bicyclic) bond motifs is 1. The molecular formula is C8H5FIN. The van der Waals surface area contributed by atoms with Crippen molar-refractivity contribution in [2.45, 2.75) is 0 Å². The molecule has 1 heterocycles. The van der Waals surface area contributed by atoms with Gasteiger partial charge in [0, 0.05) is 15.2 Å². The molecule has 0 aliphatic heterocycles. The van der Waals surface area contributed by atoms with Crippen LogP contribution in [0, 0.1) is 9.39 Å². The number of hydrogen-bond donors (Lipinski definition) is 1. The van der Waals surface area contributed by atoms with E-state index >= 15 is 0 Å². The molecule has 0 saturated heterocycles. The minimum Gasteiger partial charge on any atom is -0.359 e. The van der Waals surface area contributed by atoms with Crippen molar-refractivity contribution >= 4 is 33.5 Å². The van der Waals surface area contributed by atoms with Crippen LogP contribution in [0.5, 0.6) is 0 Å². The van der Waals surface area contributed by atoms with Gasteiger partial charge in [-0.1, -0.05) is 0 Å². The largest absolute Gasteiger partial charge is 0.359 e. The molecule has 2 aromatic rings. The van der Waals surface area contributed by atoms with Gasteiger partial charge in [0.05, 0.1) is 5.52 Å². The third-order valence-electron chi connectivity index (χ3n) is 1.62. The normalized spacial score (nSPS) is 10.7. The third kappa shape index (κ3) is 1.03. The maximum Gasteiger partial charge on any atom is 0.147 e. The van der Waals surface area contributed by atoms with Crippen LogP contribution in [-0.4, -0.2) is 4.98 Å². The van der Waals surface area contributed by atoms with Crippen molar-refractivity contribution in [2.75, 3.05) is 0 Å². The molecule has 11 heavy (non-hydrogen) atoms. The molecule has 0 radical (unpaired) electrons. The lowest BCUT2D eigenvalue weighted by molar-refractivity contribution is 0.637. The Kier molecular flexibility index (Phi) is 1.60. The smallest absolute Gasteiger partial charge is 0.147 e. The van der Waals surface area contributed by atoms with Crippen LogP contribution in [0.3, 0.4) is 0 Å². The second-order valence-corrected chi connectivity index (χ2v) is 3.46. The number of halogens is 2. The highest BCUT2D eigenvalue weighted by atomic mass is 127. The molecule has 0 bridgehead atoms. The first-order valence-corrected chi connectivity index (χ1v) is 4.28. The van der Waals surface area contributed by atoms with Gasteiger partial charge in [-0.05, 0) is 40.8 Å². The molecule has 0 spiro atoms. The fourth-order valence-corrected chi connectivity index (χ4v) is 1.71. The lowest BCUT2D eigenvalue weighted by Crippen LogP contribution is -1.79. The van der Waals surface area contributed by atoms with Gasteiger partial charge >= 0.3 is 0 Å². The Labute approximate surface area is 76.7 Å². The van der Waals surface area contributed by atoms with Gasteiger partial charge < -0.3 is 4.98 Å². The zero-order valence-electron chi connectivity index (χ0n) is 5.57. The second-order valence-electron chi connectivity index (χ2n) is 2.30. The molecule has 1 N–H and O–H groups in total. The molecule has 1 nitrogen and oxygen atoms in total. The zero-order valence-corrected chi connectivity index (χ0v) is 7.72. The van der Waals surface area contributed by atoms with E-state index in [0.717, 1.165) is 8.96 Å². The van der Waals surface area contributed by atoms with Crippen LogP contribution in [0.15, 0.2) is 24.4 Å². The highest BCUT2D eigenvalue weighted by Crippen LogP contribution is 2.21. The van der Waals surface area contributed by atoms with Crippen molar-refractivity contribution in [3.8, 4) is 0 Å². The highest BCUT2D eigenvalue weighted by Gasteiger charge is 2.03. The van der Waals surface area contributed by atoms with Crippen molar-refractivity contribution in [1.29, 1.82) is 0 Å². The fourth-order valence-electron chi connectivity index (χ4n) is 1.09. The van der Waals surface area contributed by atoms with E-state index in [1.807, 2.05) is 6.07 Å². The summed E-state index contributed by atoms with van der Waals surface area (Å²) in [5.41, 5.74) is 0.594. The molecular weight excluding hydrogens is 256 g/mol. The molecule has 0 aliphatic carbocycles. The van der Waals surface area contributed by atoms with Gasteiger partial charge in [-0.3, -0.25) is 0 Å². The quantitative estimate of drug-likeness (QED) is 0.702. The Morgan fingerprint density at radius 3 is 2.82 bits per heavy atom. The molecule has 56 valence electrons. The fraction of sp³-hybridized carbons (Fsp3) is 0. The van der Waals surface area contributed by atoms with Crippen LogP contribution < -0.4 is 0 Å². The maximum atomic E-state index is 13.0. The van der Waals surface area contributed by atoms with Gasteiger partial charge in [-0.2, -0.15) is 0 Å².